The number of alkyl halides is 3. The van der Waals surface area contributed by atoms with Crippen molar-refractivity contribution in [3.8, 4) is 22.6 Å². The van der Waals surface area contributed by atoms with Gasteiger partial charge in [-0.3, -0.25) is 14.5 Å². The number of anilines is 1. The molecule has 4 heterocycles. The van der Waals surface area contributed by atoms with Gasteiger partial charge < -0.3 is 29.4 Å². The maximum atomic E-state index is 12.9. The van der Waals surface area contributed by atoms with Crippen molar-refractivity contribution in [2.75, 3.05) is 44.9 Å². The Bertz CT molecular complexity index is 1790. The quantitative estimate of drug-likeness (QED) is 0.173. The zero-order valence-corrected chi connectivity index (χ0v) is 32.7. The number of morpholine rings is 1. The molecule has 1 saturated heterocycles. The Morgan fingerprint density at radius 3 is 2.32 bits per heavy atom. The van der Waals surface area contributed by atoms with Crippen molar-refractivity contribution in [1.82, 2.24) is 20.2 Å². The average molecular weight is 760 g/mol. The number of benzene rings is 1. The lowest BCUT2D eigenvalue weighted by Gasteiger charge is -2.40. The zero-order valence-electron chi connectivity index (χ0n) is 31.9. The van der Waals surface area contributed by atoms with E-state index in [0.717, 1.165) is 52.5 Å². The van der Waals surface area contributed by atoms with Crippen LogP contribution >= 0.6 is 11.8 Å². The summed E-state index contributed by atoms with van der Waals surface area (Å²) in [4.78, 5) is 35.7. The molecule has 10 nitrogen and oxygen atoms in total. The van der Waals surface area contributed by atoms with Crippen LogP contribution in [0.2, 0.25) is 0 Å². The number of nitrogens with one attached hydrogen (secondary N) is 2. The van der Waals surface area contributed by atoms with Crippen molar-refractivity contribution in [2.24, 2.45) is 5.92 Å². The van der Waals surface area contributed by atoms with Gasteiger partial charge in [0.05, 0.1) is 18.8 Å². The molecule has 2 N–H and O–H groups in total. The fourth-order valence-corrected chi connectivity index (χ4v) is 8.38. The van der Waals surface area contributed by atoms with Gasteiger partial charge in [0.1, 0.15) is 12.1 Å². The van der Waals surface area contributed by atoms with Crippen LogP contribution in [0.25, 0.3) is 11.1 Å². The minimum Gasteiger partial charge on any atom is -0.448 e. The Labute approximate surface area is 314 Å². The number of pyridine rings is 2. The minimum absolute atomic E-state index is 0.00633. The van der Waals surface area contributed by atoms with Crippen LogP contribution in [0.15, 0.2) is 40.2 Å². The summed E-state index contributed by atoms with van der Waals surface area (Å²) in [7, 11) is 3.37. The first-order chi connectivity index (χ1) is 25.0. The molecule has 53 heavy (non-hydrogen) atoms. The standard InChI is InChI=1S/C30H38F3N3O4.C9H14N2OS/c1-18-14-36(15-19(2)38-18)26-11-6-21(13-34-26)25-12-22(16-37)20(3)27-28(25)40-29(4,39-27)23-7-9-24(10-8-23)35(5)17-30(31,32)33;1-6-4-8(13-3)7(5-10-2)9(12)11-6/h6,11-13,16,18-19,23-24H,7-10,14-15,17H2,1-5H3;4,10H,5H2,1-3H3,(H,11,12). The molecule has 1 aliphatic carbocycles. The first-order valence-corrected chi connectivity index (χ1v) is 19.3. The largest absolute Gasteiger partial charge is 0.448 e. The normalized spacial score (nSPS) is 24.2. The number of carbonyl (C=O) groups is 1. The lowest BCUT2D eigenvalue weighted by molar-refractivity contribution is -0.153. The summed E-state index contributed by atoms with van der Waals surface area (Å²) >= 11 is 1.60. The van der Waals surface area contributed by atoms with E-state index in [4.69, 9.17) is 19.2 Å². The molecule has 0 amide bonds. The Kier molecular flexibility index (Phi) is 12.9. The molecule has 2 fully saturated rings. The molecule has 14 heteroatoms. The predicted octanol–water partition coefficient (Wildman–Crippen LogP) is 7.15. The molecule has 6 rings (SSSR count). The highest BCUT2D eigenvalue weighted by Gasteiger charge is 2.48. The number of aromatic amines is 1. The first kappa shape index (κ1) is 40.6. The lowest BCUT2D eigenvalue weighted by atomic mass is 9.81. The van der Waals surface area contributed by atoms with Gasteiger partial charge in [0.25, 0.3) is 11.3 Å². The molecule has 2 aromatic heterocycles. The van der Waals surface area contributed by atoms with E-state index in [1.165, 1.54) is 11.9 Å². The number of halogens is 3. The summed E-state index contributed by atoms with van der Waals surface area (Å²) in [6.45, 7) is 11.0. The van der Waals surface area contributed by atoms with E-state index in [9.17, 15) is 22.8 Å². The van der Waals surface area contributed by atoms with Crippen LogP contribution in [0.5, 0.6) is 11.5 Å². The molecule has 0 bridgehead atoms. The Hall–Kier alpha value is -3.59. The second kappa shape index (κ2) is 16.8. The number of nitrogens with zero attached hydrogens (tertiary/aromatic N) is 3. The number of aryl methyl sites for hydroxylation is 1. The van der Waals surface area contributed by atoms with Gasteiger partial charge in [-0.25, -0.2) is 4.98 Å². The second-order valence-electron chi connectivity index (χ2n) is 14.6. The zero-order chi connectivity index (χ0) is 38.7. The number of aldehydes is 1. The van der Waals surface area contributed by atoms with Gasteiger partial charge in [0.2, 0.25) is 0 Å². The summed E-state index contributed by atoms with van der Waals surface area (Å²) in [5, 5.41) is 2.99. The van der Waals surface area contributed by atoms with Gasteiger partial charge in [-0.15, -0.1) is 11.8 Å². The first-order valence-electron chi connectivity index (χ1n) is 18.1. The molecule has 3 unspecified atom stereocenters. The fourth-order valence-electron chi connectivity index (χ4n) is 7.67. The van der Waals surface area contributed by atoms with Crippen LogP contribution in [-0.2, 0) is 11.3 Å². The summed E-state index contributed by atoms with van der Waals surface area (Å²) < 4.78 is 57.6. The van der Waals surface area contributed by atoms with Gasteiger partial charge in [-0.2, -0.15) is 13.2 Å². The minimum atomic E-state index is -4.22. The summed E-state index contributed by atoms with van der Waals surface area (Å²) in [5.41, 5.74) is 4.50. The van der Waals surface area contributed by atoms with Gasteiger partial charge in [-0.05, 0) is 98.0 Å². The van der Waals surface area contributed by atoms with Gasteiger partial charge >= 0.3 is 6.18 Å². The summed E-state index contributed by atoms with van der Waals surface area (Å²) in [6, 6.07) is 7.63. The second-order valence-corrected chi connectivity index (χ2v) is 15.4. The molecule has 1 saturated carbocycles. The number of H-pyrrole nitrogens is 1. The van der Waals surface area contributed by atoms with E-state index < -0.39 is 18.5 Å². The predicted molar refractivity (Wildman–Crippen MR) is 202 cm³/mol. The molecule has 3 atom stereocenters. The third kappa shape index (κ3) is 9.56. The van der Waals surface area contributed by atoms with Crippen molar-refractivity contribution in [3.05, 3.63) is 63.2 Å². The van der Waals surface area contributed by atoms with Crippen LogP contribution in [0.4, 0.5) is 19.0 Å². The van der Waals surface area contributed by atoms with Gasteiger partial charge in [-0.1, -0.05) is 0 Å². The summed E-state index contributed by atoms with van der Waals surface area (Å²) in [6.07, 6.45) is 3.22. The Morgan fingerprint density at radius 2 is 1.75 bits per heavy atom. The molecule has 1 aromatic carbocycles. The van der Waals surface area contributed by atoms with Crippen LogP contribution in [0, 0.1) is 19.8 Å². The molecule has 0 radical (unpaired) electrons. The van der Waals surface area contributed by atoms with Crippen molar-refractivity contribution in [1.29, 1.82) is 0 Å². The molecular weight excluding hydrogens is 708 g/mol. The number of hydrogen-bond donors (Lipinski definition) is 2. The monoisotopic (exact) mass is 759 g/mol. The number of hydrogen-bond acceptors (Lipinski definition) is 10. The van der Waals surface area contributed by atoms with E-state index in [0.29, 0.717) is 54.9 Å². The highest BCUT2D eigenvalue weighted by atomic mass is 32.2. The Balaban J connectivity index is 0.000000352. The highest BCUT2D eigenvalue weighted by molar-refractivity contribution is 7.98. The van der Waals surface area contributed by atoms with Crippen LogP contribution in [0.1, 0.15) is 73.6 Å². The van der Waals surface area contributed by atoms with E-state index in [2.05, 4.69) is 29.0 Å². The third-order valence-corrected chi connectivity index (χ3v) is 11.2. The van der Waals surface area contributed by atoms with E-state index in [-0.39, 0.29) is 29.7 Å². The number of thioether (sulfide) groups is 1. The van der Waals surface area contributed by atoms with E-state index in [1.54, 1.807) is 18.0 Å². The average Bonchev–Trinajstić information content (AvgIpc) is 3.48. The van der Waals surface area contributed by atoms with Crippen molar-refractivity contribution in [3.63, 3.8) is 0 Å². The number of rotatable bonds is 9. The molecular formula is C39H52F3N5O5S. The molecule has 3 aliphatic rings. The van der Waals surface area contributed by atoms with Crippen molar-refractivity contribution < 1.29 is 32.2 Å². The third-order valence-electron chi connectivity index (χ3n) is 10.4. The number of fused-ring (bicyclic) bond motifs is 1. The van der Waals surface area contributed by atoms with Gasteiger partial charge in [0.15, 0.2) is 11.5 Å². The maximum absolute atomic E-state index is 12.9. The molecule has 3 aromatic rings. The number of ether oxygens (including phenoxy) is 3. The SMILES string of the molecule is CNCc1c(SC)cc(C)[nH]c1=O.Cc1c(C=O)cc(-c2ccc(N3CC(C)OC(C)C3)nc2)c2c1OC(C)(C1CCC(N(C)CC(F)(F)F)CC1)O2. The van der Waals surface area contributed by atoms with Gasteiger partial charge in [0, 0.05) is 83.1 Å². The smallest absolute Gasteiger partial charge is 0.401 e. The summed E-state index contributed by atoms with van der Waals surface area (Å²) in [5.74, 6) is 0.987. The maximum Gasteiger partial charge on any atom is 0.401 e. The molecule has 0 spiro atoms. The number of carbonyl (C=O) groups excluding carboxylic acids is 1. The Morgan fingerprint density at radius 1 is 1.09 bits per heavy atom. The van der Waals surface area contributed by atoms with Crippen LogP contribution < -0.4 is 25.2 Å². The van der Waals surface area contributed by atoms with Crippen molar-refractivity contribution in [2.45, 2.75) is 102 Å². The number of aromatic nitrogens is 2. The highest BCUT2D eigenvalue weighted by Crippen LogP contribution is 2.52. The van der Waals surface area contributed by atoms with Crippen LogP contribution in [0.3, 0.4) is 0 Å². The van der Waals surface area contributed by atoms with Crippen molar-refractivity contribution >= 4 is 23.9 Å². The molecule has 2 aliphatic heterocycles. The van der Waals surface area contributed by atoms with Crippen LogP contribution in [-0.4, -0.2) is 91.4 Å². The molecule has 290 valence electrons. The van der Waals surface area contributed by atoms with E-state index >= 15 is 0 Å². The lowest BCUT2D eigenvalue weighted by Crippen LogP contribution is -2.48. The fraction of sp³-hybridized carbons (Fsp3) is 0.564. The topological polar surface area (TPSA) is 109 Å². The van der Waals surface area contributed by atoms with E-state index in [1.807, 2.05) is 58.3 Å².